The maximum absolute atomic E-state index is 12.3. The second-order valence-corrected chi connectivity index (χ2v) is 5.19. The number of benzene rings is 1. The van der Waals surface area contributed by atoms with Crippen LogP contribution in [0.5, 0.6) is 0 Å². The number of amides is 1. The minimum Gasteiger partial charge on any atom is -0.360 e. The number of aldehydes is 1. The van der Waals surface area contributed by atoms with Crippen LogP contribution in [0.1, 0.15) is 49.9 Å². The first-order valence-electron chi connectivity index (χ1n) is 7.58. The van der Waals surface area contributed by atoms with E-state index in [4.69, 9.17) is 0 Å². The number of H-pyrrole nitrogens is 1. The molecule has 2 aromatic rings. The van der Waals surface area contributed by atoms with E-state index in [2.05, 4.69) is 11.9 Å². The molecule has 0 spiro atoms. The van der Waals surface area contributed by atoms with Gasteiger partial charge >= 0.3 is 0 Å². The lowest BCUT2D eigenvalue weighted by Gasteiger charge is -2.21. The number of fused-ring (bicyclic) bond motifs is 1. The molecule has 4 nitrogen and oxygen atoms in total. The van der Waals surface area contributed by atoms with Crippen molar-refractivity contribution < 1.29 is 9.59 Å². The molecular weight excluding hydrogens is 264 g/mol. The monoisotopic (exact) mass is 286 g/mol. The standard InChI is InChI=1S/C17H22N2O2/c1-3-5-6-7-17(21)19(4-2)14-8-9-15-13(12-20)11-18-16(15)10-14/h8-12,18H,3-7H2,1-2H3. The van der Waals surface area contributed by atoms with Crippen molar-refractivity contribution in [3.05, 3.63) is 30.0 Å². The van der Waals surface area contributed by atoms with Gasteiger partial charge < -0.3 is 9.88 Å². The highest BCUT2D eigenvalue weighted by atomic mass is 16.2. The van der Waals surface area contributed by atoms with Gasteiger partial charge in [0.15, 0.2) is 6.29 Å². The van der Waals surface area contributed by atoms with Gasteiger partial charge in [0.25, 0.3) is 0 Å². The van der Waals surface area contributed by atoms with Crippen molar-refractivity contribution in [3.8, 4) is 0 Å². The number of anilines is 1. The molecule has 1 N–H and O–H groups in total. The number of hydrogen-bond donors (Lipinski definition) is 1. The van der Waals surface area contributed by atoms with Crippen LogP contribution in [0.3, 0.4) is 0 Å². The number of unbranched alkanes of at least 4 members (excludes halogenated alkanes) is 2. The number of hydrogen-bond acceptors (Lipinski definition) is 2. The molecule has 1 heterocycles. The summed E-state index contributed by atoms with van der Waals surface area (Å²) in [6.45, 7) is 4.76. The summed E-state index contributed by atoms with van der Waals surface area (Å²) in [6.07, 6.45) is 6.26. The molecule has 2 rings (SSSR count). The number of nitrogens with one attached hydrogen (secondary N) is 1. The molecule has 4 heteroatoms. The molecule has 1 amide bonds. The third-order valence-electron chi connectivity index (χ3n) is 3.75. The molecular formula is C17H22N2O2. The zero-order valence-electron chi connectivity index (χ0n) is 12.7. The summed E-state index contributed by atoms with van der Waals surface area (Å²) >= 11 is 0. The molecule has 0 radical (unpaired) electrons. The lowest BCUT2D eigenvalue weighted by molar-refractivity contribution is -0.118. The number of carbonyl (C=O) groups excluding carboxylic acids is 2. The quantitative estimate of drug-likeness (QED) is 0.619. The number of aromatic nitrogens is 1. The lowest BCUT2D eigenvalue weighted by atomic mass is 10.1. The third kappa shape index (κ3) is 3.32. The predicted octanol–water partition coefficient (Wildman–Crippen LogP) is 3.91. The fraction of sp³-hybridized carbons (Fsp3) is 0.412. The van der Waals surface area contributed by atoms with E-state index in [1.165, 1.54) is 0 Å². The number of nitrogens with zero attached hydrogens (tertiary/aromatic N) is 1. The average molecular weight is 286 g/mol. The molecule has 0 aliphatic heterocycles. The van der Waals surface area contributed by atoms with E-state index < -0.39 is 0 Å². The van der Waals surface area contributed by atoms with Crippen LogP contribution in [0, 0.1) is 0 Å². The van der Waals surface area contributed by atoms with Gasteiger partial charge in [0.1, 0.15) is 0 Å². The Balaban J connectivity index is 2.21. The van der Waals surface area contributed by atoms with Crippen LogP contribution in [-0.4, -0.2) is 23.7 Å². The van der Waals surface area contributed by atoms with Crippen molar-refractivity contribution in [1.82, 2.24) is 4.98 Å². The summed E-state index contributed by atoms with van der Waals surface area (Å²) in [5, 5.41) is 0.892. The molecule has 0 fully saturated rings. The number of rotatable bonds is 7. The van der Waals surface area contributed by atoms with E-state index in [9.17, 15) is 9.59 Å². The Morgan fingerprint density at radius 2 is 2.10 bits per heavy atom. The van der Waals surface area contributed by atoms with Crippen LogP contribution in [0.2, 0.25) is 0 Å². The Bertz CT molecular complexity index is 631. The summed E-state index contributed by atoms with van der Waals surface area (Å²) in [4.78, 5) is 28.1. The largest absolute Gasteiger partial charge is 0.360 e. The second-order valence-electron chi connectivity index (χ2n) is 5.19. The highest BCUT2D eigenvalue weighted by Gasteiger charge is 2.14. The molecule has 0 saturated carbocycles. The molecule has 1 aromatic carbocycles. The van der Waals surface area contributed by atoms with E-state index in [1.807, 2.05) is 25.1 Å². The lowest BCUT2D eigenvalue weighted by Crippen LogP contribution is -2.30. The summed E-state index contributed by atoms with van der Waals surface area (Å²) in [7, 11) is 0. The molecule has 112 valence electrons. The van der Waals surface area contributed by atoms with Crippen LogP contribution in [0.15, 0.2) is 24.4 Å². The van der Waals surface area contributed by atoms with Crippen molar-refractivity contribution in [3.63, 3.8) is 0 Å². The van der Waals surface area contributed by atoms with Gasteiger partial charge in [0.2, 0.25) is 5.91 Å². The number of carbonyl (C=O) groups is 2. The van der Waals surface area contributed by atoms with Crippen molar-refractivity contribution >= 4 is 28.8 Å². The first-order chi connectivity index (χ1) is 10.2. The van der Waals surface area contributed by atoms with E-state index in [0.29, 0.717) is 18.5 Å². The van der Waals surface area contributed by atoms with Crippen molar-refractivity contribution in [1.29, 1.82) is 0 Å². The molecule has 0 saturated heterocycles. The maximum Gasteiger partial charge on any atom is 0.226 e. The summed E-state index contributed by atoms with van der Waals surface area (Å²) in [5.41, 5.74) is 2.41. The summed E-state index contributed by atoms with van der Waals surface area (Å²) < 4.78 is 0. The third-order valence-corrected chi connectivity index (χ3v) is 3.75. The SMILES string of the molecule is CCCCCC(=O)N(CC)c1ccc2c(C=O)c[nH]c2c1. The van der Waals surface area contributed by atoms with Crippen LogP contribution in [0.25, 0.3) is 10.9 Å². The van der Waals surface area contributed by atoms with Crippen LogP contribution < -0.4 is 4.90 Å². The van der Waals surface area contributed by atoms with Gasteiger partial charge in [0, 0.05) is 41.3 Å². The van der Waals surface area contributed by atoms with E-state index in [-0.39, 0.29) is 5.91 Å². The molecule has 0 atom stereocenters. The van der Waals surface area contributed by atoms with Crippen LogP contribution >= 0.6 is 0 Å². The van der Waals surface area contributed by atoms with Gasteiger partial charge in [-0.1, -0.05) is 25.8 Å². The Morgan fingerprint density at radius 1 is 1.29 bits per heavy atom. The van der Waals surface area contributed by atoms with E-state index in [1.54, 1.807) is 11.1 Å². The minimum absolute atomic E-state index is 0.160. The van der Waals surface area contributed by atoms with Gasteiger partial charge in [-0.25, -0.2) is 0 Å². The summed E-state index contributed by atoms with van der Waals surface area (Å²) in [6, 6.07) is 5.74. The number of aromatic amines is 1. The van der Waals surface area contributed by atoms with Crippen LogP contribution in [0.4, 0.5) is 5.69 Å². The molecule has 0 aliphatic rings. The minimum atomic E-state index is 0.160. The second kappa shape index (κ2) is 7.07. The highest BCUT2D eigenvalue weighted by Crippen LogP contribution is 2.24. The van der Waals surface area contributed by atoms with Crippen molar-refractivity contribution in [2.75, 3.05) is 11.4 Å². The van der Waals surface area contributed by atoms with Gasteiger partial charge in [-0.2, -0.15) is 0 Å². The molecule has 21 heavy (non-hydrogen) atoms. The fourth-order valence-corrected chi connectivity index (χ4v) is 2.57. The maximum atomic E-state index is 12.3. The average Bonchev–Trinajstić information content (AvgIpc) is 2.90. The van der Waals surface area contributed by atoms with Crippen molar-refractivity contribution in [2.45, 2.75) is 39.5 Å². The Labute approximate surface area is 125 Å². The smallest absolute Gasteiger partial charge is 0.226 e. The molecule has 0 aliphatic carbocycles. The summed E-state index contributed by atoms with van der Waals surface area (Å²) in [5.74, 6) is 0.160. The van der Waals surface area contributed by atoms with Crippen LogP contribution in [-0.2, 0) is 4.79 Å². The van der Waals surface area contributed by atoms with Gasteiger partial charge in [-0.05, 0) is 25.5 Å². The first kappa shape index (κ1) is 15.3. The molecule has 1 aromatic heterocycles. The molecule has 0 bridgehead atoms. The first-order valence-corrected chi connectivity index (χ1v) is 7.58. The van der Waals surface area contributed by atoms with Gasteiger partial charge in [0.05, 0.1) is 0 Å². The van der Waals surface area contributed by atoms with E-state index >= 15 is 0 Å². The zero-order valence-corrected chi connectivity index (χ0v) is 12.7. The fourth-order valence-electron chi connectivity index (χ4n) is 2.57. The topological polar surface area (TPSA) is 53.2 Å². The Kier molecular flexibility index (Phi) is 5.14. The zero-order chi connectivity index (χ0) is 15.2. The Hall–Kier alpha value is -2.10. The normalized spacial score (nSPS) is 10.8. The highest BCUT2D eigenvalue weighted by molar-refractivity contribution is 6.00. The van der Waals surface area contributed by atoms with Gasteiger partial charge in [-0.3, -0.25) is 9.59 Å². The van der Waals surface area contributed by atoms with Crippen molar-refractivity contribution in [2.24, 2.45) is 0 Å². The Morgan fingerprint density at radius 3 is 2.76 bits per heavy atom. The predicted molar refractivity (Wildman–Crippen MR) is 85.9 cm³/mol. The van der Waals surface area contributed by atoms with Gasteiger partial charge in [-0.15, -0.1) is 0 Å². The van der Waals surface area contributed by atoms with E-state index in [0.717, 1.165) is 42.1 Å². The molecule has 0 unspecified atom stereocenters.